The molecular weight excluding hydrogens is 390 g/mol. The Balaban J connectivity index is 1.32. The van der Waals surface area contributed by atoms with Crippen molar-refractivity contribution in [1.82, 2.24) is 25.2 Å². The van der Waals surface area contributed by atoms with Gasteiger partial charge in [0.05, 0.1) is 6.54 Å². The molecule has 0 atom stereocenters. The maximum atomic E-state index is 12.7. The fourth-order valence-electron chi connectivity index (χ4n) is 4.09. The fourth-order valence-corrected chi connectivity index (χ4v) is 4.73. The van der Waals surface area contributed by atoms with Crippen LogP contribution in [-0.2, 0) is 11.3 Å². The summed E-state index contributed by atoms with van der Waals surface area (Å²) in [5, 5.41) is 13.1. The van der Waals surface area contributed by atoms with Crippen LogP contribution in [0.5, 0.6) is 0 Å². The lowest BCUT2D eigenvalue weighted by Gasteiger charge is -2.34. The van der Waals surface area contributed by atoms with Crippen LogP contribution < -0.4 is 10.2 Å². The molecule has 0 radical (unpaired) electrons. The minimum atomic E-state index is 0.109. The van der Waals surface area contributed by atoms with E-state index in [0.717, 1.165) is 57.7 Å². The molecule has 0 spiro atoms. The molecule has 0 aliphatic carbocycles. The number of thiophene rings is 1. The standard InChI is InChI=1S/C19H23N7O2S/c27-19(26-7-1-2-8-26)13-5-9-25(10-6-13)18-17(20-12-14-4-3-11-29-14)21-15-16(22-18)24-28-23-15/h3-4,11,13H,1-2,5-10,12H2,(H,20,21,23). The molecule has 0 aromatic carbocycles. The van der Waals surface area contributed by atoms with Crippen LogP contribution in [0.2, 0.25) is 0 Å². The van der Waals surface area contributed by atoms with Gasteiger partial charge < -0.3 is 15.1 Å². The van der Waals surface area contributed by atoms with Crippen LogP contribution in [0.1, 0.15) is 30.6 Å². The van der Waals surface area contributed by atoms with Crippen molar-refractivity contribution in [2.45, 2.75) is 32.2 Å². The number of likely N-dealkylation sites (tertiary alicyclic amines) is 1. The lowest BCUT2D eigenvalue weighted by Crippen LogP contribution is -2.42. The highest BCUT2D eigenvalue weighted by Crippen LogP contribution is 2.30. The second-order valence-electron chi connectivity index (χ2n) is 7.53. The Bertz CT molecular complexity index is 976. The Morgan fingerprint density at radius 2 is 1.90 bits per heavy atom. The van der Waals surface area contributed by atoms with Gasteiger partial charge in [0.15, 0.2) is 11.6 Å². The summed E-state index contributed by atoms with van der Waals surface area (Å²) in [5.74, 6) is 1.85. The smallest absolute Gasteiger partial charge is 0.245 e. The van der Waals surface area contributed by atoms with E-state index >= 15 is 0 Å². The highest BCUT2D eigenvalue weighted by atomic mass is 32.1. The van der Waals surface area contributed by atoms with Crippen LogP contribution in [0.25, 0.3) is 11.3 Å². The number of fused-ring (bicyclic) bond motifs is 1. The SMILES string of the molecule is O=C(C1CCN(c2nc3nonc3nc2NCc2cccs2)CC1)N1CCCC1. The van der Waals surface area contributed by atoms with Crippen molar-refractivity contribution in [2.24, 2.45) is 5.92 Å². The van der Waals surface area contributed by atoms with E-state index in [1.807, 2.05) is 11.0 Å². The van der Waals surface area contributed by atoms with Gasteiger partial charge in [0.25, 0.3) is 0 Å². The summed E-state index contributed by atoms with van der Waals surface area (Å²) in [4.78, 5) is 27.4. The first-order chi connectivity index (χ1) is 14.3. The Hall–Kier alpha value is -2.75. The van der Waals surface area contributed by atoms with Gasteiger partial charge in [-0.15, -0.1) is 11.3 Å². The molecule has 5 heterocycles. The van der Waals surface area contributed by atoms with Crippen molar-refractivity contribution in [1.29, 1.82) is 0 Å². The Morgan fingerprint density at radius 3 is 2.62 bits per heavy atom. The van der Waals surface area contributed by atoms with E-state index in [1.54, 1.807) is 11.3 Å². The second kappa shape index (κ2) is 7.94. The Labute approximate surface area is 172 Å². The molecule has 0 unspecified atom stereocenters. The molecule has 0 saturated carbocycles. The van der Waals surface area contributed by atoms with E-state index in [-0.39, 0.29) is 5.92 Å². The molecule has 2 aliphatic heterocycles. The van der Waals surface area contributed by atoms with Crippen molar-refractivity contribution in [3.63, 3.8) is 0 Å². The van der Waals surface area contributed by atoms with Gasteiger partial charge in [-0.1, -0.05) is 6.07 Å². The van der Waals surface area contributed by atoms with E-state index in [1.165, 1.54) is 4.88 Å². The van der Waals surface area contributed by atoms with E-state index in [0.29, 0.717) is 29.6 Å². The molecule has 1 amide bonds. The lowest BCUT2D eigenvalue weighted by atomic mass is 9.95. The highest BCUT2D eigenvalue weighted by molar-refractivity contribution is 7.09. The maximum absolute atomic E-state index is 12.7. The van der Waals surface area contributed by atoms with Gasteiger partial charge in [-0.25, -0.2) is 14.6 Å². The molecule has 2 saturated heterocycles. The molecule has 0 bridgehead atoms. The predicted octanol–water partition coefficient (Wildman–Crippen LogP) is 2.53. The molecule has 3 aromatic heterocycles. The van der Waals surface area contributed by atoms with Gasteiger partial charge in [-0.05, 0) is 47.4 Å². The number of aromatic nitrogens is 4. The van der Waals surface area contributed by atoms with Crippen molar-refractivity contribution >= 4 is 40.2 Å². The molecule has 2 aliphatic rings. The third kappa shape index (κ3) is 3.76. The molecule has 10 heteroatoms. The minimum Gasteiger partial charge on any atom is -0.362 e. The van der Waals surface area contributed by atoms with Crippen LogP contribution in [0, 0.1) is 5.92 Å². The zero-order chi connectivity index (χ0) is 19.6. The number of carbonyl (C=O) groups excluding carboxylic acids is 1. The van der Waals surface area contributed by atoms with Crippen LogP contribution >= 0.6 is 11.3 Å². The van der Waals surface area contributed by atoms with E-state index in [9.17, 15) is 4.79 Å². The average molecular weight is 414 g/mol. The molecule has 152 valence electrons. The first kappa shape index (κ1) is 18.3. The average Bonchev–Trinajstić information content (AvgIpc) is 3.53. The first-order valence-corrected chi connectivity index (χ1v) is 11.0. The van der Waals surface area contributed by atoms with Gasteiger partial charge in [0.1, 0.15) is 0 Å². The number of amides is 1. The number of nitrogens with one attached hydrogen (secondary N) is 1. The molecular formula is C19H23N7O2S. The van der Waals surface area contributed by atoms with Crippen molar-refractivity contribution < 1.29 is 9.42 Å². The summed E-state index contributed by atoms with van der Waals surface area (Å²) in [7, 11) is 0. The van der Waals surface area contributed by atoms with Gasteiger partial charge in [0.2, 0.25) is 17.2 Å². The number of hydrogen-bond acceptors (Lipinski definition) is 9. The summed E-state index contributed by atoms with van der Waals surface area (Å²) in [6, 6.07) is 4.11. The normalized spacial score (nSPS) is 17.9. The van der Waals surface area contributed by atoms with Crippen molar-refractivity contribution in [3.8, 4) is 0 Å². The third-order valence-electron chi connectivity index (χ3n) is 5.67. The molecule has 2 fully saturated rings. The quantitative estimate of drug-likeness (QED) is 0.681. The summed E-state index contributed by atoms with van der Waals surface area (Å²) in [6.07, 6.45) is 3.92. The molecule has 3 aromatic rings. The summed E-state index contributed by atoms with van der Waals surface area (Å²) >= 11 is 1.69. The van der Waals surface area contributed by atoms with E-state index in [2.05, 4.69) is 41.9 Å². The van der Waals surface area contributed by atoms with Crippen LogP contribution in [0.3, 0.4) is 0 Å². The molecule has 5 rings (SSSR count). The minimum absolute atomic E-state index is 0.109. The topological polar surface area (TPSA) is 100 Å². The van der Waals surface area contributed by atoms with Gasteiger partial charge in [-0.2, -0.15) is 0 Å². The lowest BCUT2D eigenvalue weighted by molar-refractivity contribution is -0.135. The third-order valence-corrected chi connectivity index (χ3v) is 6.54. The van der Waals surface area contributed by atoms with Crippen LogP contribution in [0.4, 0.5) is 11.6 Å². The monoisotopic (exact) mass is 413 g/mol. The Kier molecular flexibility index (Phi) is 5.01. The molecule has 9 nitrogen and oxygen atoms in total. The highest BCUT2D eigenvalue weighted by Gasteiger charge is 2.31. The predicted molar refractivity (Wildman–Crippen MR) is 110 cm³/mol. The number of nitrogens with zero attached hydrogens (tertiary/aromatic N) is 6. The maximum Gasteiger partial charge on any atom is 0.245 e. The summed E-state index contributed by atoms with van der Waals surface area (Å²) < 4.78 is 4.80. The largest absolute Gasteiger partial charge is 0.362 e. The second-order valence-corrected chi connectivity index (χ2v) is 8.57. The van der Waals surface area contributed by atoms with Crippen LogP contribution in [-0.4, -0.2) is 57.3 Å². The molecule has 1 N–H and O–H groups in total. The fraction of sp³-hybridized carbons (Fsp3) is 0.526. The molecule has 29 heavy (non-hydrogen) atoms. The summed E-state index contributed by atoms with van der Waals surface area (Å²) in [6.45, 7) is 4.03. The number of hydrogen-bond donors (Lipinski definition) is 1. The van der Waals surface area contributed by atoms with Gasteiger partial charge >= 0.3 is 0 Å². The number of anilines is 2. The van der Waals surface area contributed by atoms with Gasteiger partial charge in [0, 0.05) is 37.0 Å². The van der Waals surface area contributed by atoms with Crippen LogP contribution in [0.15, 0.2) is 22.1 Å². The number of piperidine rings is 1. The van der Waals surface area contributed by atoms with E-state index in [4.69, 9.17) is 4.63 Å². The zero-order valence-corrected chi connectivity index (χ0v) is 16.9. The van der Waals surface area contributed by atoms with Crippen molar-refractivity contribution in [3.05, 3.63) is 22.4 Å². The zero-order valence-electron chi connectivity index (χ0n) is 16.1. The number of rotatable bonds is 5. The van der Waals surface area contributed by atoms with Gasteiger partial charge in [-0.3, -0.25) is 4.79 Å². The van der Waals surface area contributed by atoms with E-state index < -0.39 is 0 Å². The first-order valence-electron chi connectivity index (χ1n) is 10.1. The summed E-state index contributed by atoms with van der Waals surface area (Å²) in [5.41, 5.74) is 0.790. The Morgan fingerprint density at radius 1 is 1.14 bits per heavy atom. The number of carbonyl (C=O) groups is 1. The van der Waals surface area contributed by atoms with Crippen molar-refractivity contribution in [2.75, 3.05) is 36.4 Å².